The lowest BCUT2D eigenvalue weighted by Gasteiger charge is -2.41. The van der Waals surface area contributed by atoms with Crippen molar-refractivity contribution in [3.05, 3.63) is 35.5 Å². The smallest absolute Gasteiger partial charge is 0.393 e. The van der Waals surface area contributed by atoms with Crippen molar-refractivity contribution in [1.82, 2.24) is 0 Å². The molecule has 2 fully saturated rings. The van der Waals surface area contributed by atoms with Crippen molar-refractivity contribution in [2.24, 2.45) is 16.7 Å². The van der Waals surface area contributed by atoms with Gasteiger partial charge in [-0.1, -0.05) is 113 Å². The highest BCUT2D eigenvalue weighted by Crippen LogP contribution is 2.46. The van der Waals surface area contributed by atoms with Gasteiger partial charge in [0.05, 0.1) is 17.8 Å². The molecule has 0 aliphatic heterocycles. The molecule has 0 saturated heterocycles. The highest BCUT2D eigenvalue weighted by Gasteiger charge is 2.47. The predicted octanol–water partition coefficient (Wildman–Crippen LogP) is 10.3. The summed E-state index contributed by atoms with van der Waals surface area (Å²) in [6.45, 7) is 19.2. The summed E-state index contributed by atoms with van der Waals surface area (Å²) in [7, 11) is 0. The minimum atomic E-state index is -4.66. The first-order chi connectivity index (χ1) is 20.1. The molecule has 4 N–H and O–H groups in total. The van der Waals surface area contributed by atoms with Crippen molar-refractivity contribution in [2.45, 2.75) is 169 Å². The van der Waals surface area contributed by atoms with Crippen molar-refractivity contribution in [1.29, 1.82) is 0 Å². The third kappa shape index (κ3) is 18.1. The molecule has 2 aliphatic carbocycles. The van der Waals surface area contributed by atoms with Crippen molar-refractivity contribution >= 4 is 22.6 Å². The Bertz CT molecular complexity index is 860. The molecule has 2 saturated carbocycles. The average Bonchev–Trinajstić information content (AvgIpc) is 2.90. The second-order valence-electron chi connectivity index (χ2n) is 14.2. The number of hydrogen-bond acceptors (Lipinski definition) is 4. The maximum Gasteiger partial charge on any atom is 0.420 e. The molecule has 0 bridgehead atoms. The van der Waals surface area contributed by atoms with Gasteiger partial charge in [-0.3, -0.25) is 0 Å². The number of rotatable bonds is 9. The monoisotopic (exact) mass is 746 g/mol. The summed E-state index contributed by atoms with van der Waals surface area (Å²) in [6, 6.07) is 0. The molecule has 0 aromatic carbocycles. The van der Waals surface area contributed by atoms with Gasteiger partial charge < -0.3 is 20.4 Å². The number of aliphatic hydroxyl groups excluding tert-OH is 2. The van der Waals surface area contributed by atoms with E-state index in [4.69, 9.17) is 0 Å². The topological polar surface area (TPSA) is 80.9 Å². The van der Waals surface area contributed by atoms with Gasteiger partial charge in [0.1, 0.15) is 0 Å². The fraction of sp³-hybridized carbons (Fsp3) is 0.833. The van der Waals surface area contributed by atoms with Crippen LogP contribution in [0.15, 0.2) is 35.5 Å². The maximum absolute atomic E-state index is 12.5. The van der Waals surface area contributed by atoms with Crippen LogP contribution >= 0.6 is 22.6 Å². The summed E-state index contributed by atoms with van der Waals surface area (Å²) >= 11 is 2.15. The molecule has 4 nitrogen and oxygen atoms in total. The van der Waals surface area contributed by atoms with Gasteiger partial charge in [-0.25, -0.2) is 0 Å². The largest absolute Gasteiger partial charge is 0.420 e. The lowest BCUT2D eigenvalue weighted by molar-refractivity contribution is -0.232. The maximum atomic E-state index is 12.5. The Morgan fingerprint density at radius 1 is 0.932 bits per heavy atom. The molecule has 0 aromatic heterocycles. The summed E-state index contributed by atoms with van der Waals surface area (Å²) in [5.74, 6) is 0.636. The first-order valence-corrected chi connectivity index (χ1v) is 18.6. The highest BCUT2D eigenvalue weighted by atomic mass is 127. The van der Waals surface area contributed by atoms with Gasteiger partial charge in [0.25, 0.3) is 0 Å². The van der Waals surface area contributed by atoms with E-state index in [0.717, 1.165) is 38.7 Å². The number of halogens is 4. The molecule has 44 heavy (non-hydrogen) atoms. The zero-order valence-electron chi connectivity index (χ0n) is 29.6. The first kappa shape index (κ1) is 45.7. The molecular formula is C36H66F3IO4. The zero-order chi connectivity index (χ0) is 35.0. The second-order valence-corrected chi connectivity index (χ2v) is 14.2. The van der Waals surface area contributed by atoms with Crippen LogP contribution in [-0.4, -0.2) is 54.9 Å². The Hall–Kier alpha value is -0.420. The summed E-state index contributed by atoms with van der Waals surface area (Å²) in [4.78, 5) is 1.97. The van der Waals surface area contributed by atoms with Crippen molar-refractivity contribution in [2.75, 3.05) is 4.93 Å². The summed E-state index contributed by atoms with van der Waals surface area (Å²) in [6.07, 6.45) is 11.0. The van der Waals surface area contributed by atoms with Crippen LogP contribution in [0, 0.1) is 16.7 Å². The van der Waals surface area contributed by atoms with Gasteiger partial charge in [0, 0.05) is 0 Å². The Labute approximate surface area is 281 Å². The van der Waals surface area contributed by atoms with Crippen molar-refractivity contribution in [3.63, 3.8) is 0 Å². The quantitative estimate of drug-likeness (QED) is 0.108. The van der Waals surface area contributed by atoms with Crippen LogP contribution in [0.3, 0.4) is 0 Å². The Morgan fingerprint density at radius 3 is 1.91 bits per heavy atom. The molecule has 2 rings (SSSR count). The van der Waals surface area contributed by atoms with E-state index in [2.05, 4.69) is 55.5 Å². The lowest BCUT2D eigenvalue weighted by atomic mass is 9.64. The number of hydrogen-bond donors (Lipinski definition) is 4. The first-order valence-electron chi connectivity index (χ1n) is 16.4. The second kappa shape index (κ2) is 20.7. The van der Waals surface area contributed by atoms with Crippen LogP contribution in [0.1, 0.15) is 140 Å². The molecule has 5 atom stereocenters. The van der Waals surface area contributed by atoms with Crippen molar-refractivity contribution < 1.29 is 33.6 Å². The van der Waals surface area contributed by atoms with Gasteiger partial charge in [-0.05, 0) is 106 Å². The fourth-order valence-electron chi connectivity index (χ4n) is 5.62. The van der Waals surface area contributed by atoms with E-state index >= 15 is 0 Å². The van der Waals surface area contributed by atoms with E-state index in [1.807, 2.05) is 32.6 Å². The van der Waals surface area contributed by atoms with Crippen LogP contribution in [0.25, 0.3) is 0 Å². The minimum Gasteiger partial charge on any atom is -0.393 e. The average molecular weight is 747 g/mol. The van der Waals surface area contributed by atoms with Crippen LogP contribution < -0.4 is 0 Å². The van der Waals surface area contributed by atoms with E-state index in [9.17, 15) is 33.6 Å². The van der Waals surface area contributed by atoms with Crippen molar-refractivity contribution in [3.8, 4) is 0 Å². The highest BCUT2D eigenvalue weighted by molar-refractivity contribution is 14.1. The van der Waals surface area contributed by atoms with Gasteiger partial charge >= 0.3 is 6.18 Å². The van der Waals surface area contributed by atoms with Crippen LogP contribution in [0.5, 0.6) is 0 Å². The summed E-state index contributed by atoms with van der Waals surface area (Å²) in [5.41, 5.74) is -0.484. The van der Waals surface area contributed by atoms with Gasteiger partial charge in [-0.2, -0.15) is 13.2 Å². The van der Waals surface area contributed by atoms with Gasteiger partial charge in [0.15, 0.2) is 5.60 Å². The Balaban J connectivity index is 0. The lowest BCUT2D eigenvalue weighted by Crippen LogP contribution is -2.40. The number of allylic oxidation sites excluding steroid dienone is 4. The predicted molar refractivity (Wildman–Crippen MR) is 189 cm³/mol. The third-order valence-corrected chi connectivity index (χ3v) is 9.02. The molecule has 0 radical (unpaired) electrons. The van der Waals surface area contributed by atoms with Crippen LogP contribution in [-0.2, 0) is 0 Å². The van der Waals surface area contributed by atoms with Crippen LogP contribution in [0.4, 0.5) is 13.2 Å². The minimum absolute atomic E-state index is 0.163. The molecule has 0 amide bonds. The van der Waals surface area contributed by atoms with Crippen LogP contribution in [0.2, 0.25) is 0 Å². The SMILES string of the molecule is CC.CC(C)(O)CCCC(C)(C)C/C=C\C(C)(O)C(F)(F)F.CCC1(C)CCC/C(=C\C=C2CC(O)C[C@H](O)C2)C1C.CI. The third-order valence-electron chi connectivity index (χ3n) is 9.02. The van der Waals surface area contributed by atoms with Gasteiger partial charge in [0.2, 0.25) is 0 Å². The molecule has 2 aliphatic rings. The fourth-order valence-corrected chi connectivity index (χ4v) is 5.62. The molecular weight excluding hydrogens is 680 g/mol. The molecule has 262 valence electrons. The molecule has 8 heteroatoms. The van der Waals surface area contributed by atoms with E-state index in [1.165, 1.54) is 37.3 Å². The molecule has 0 aromatic rings. The zero-order valence-corrected chi connectivity index (χ0v) is 31.8. The number of aliphatic hydroxyl groups is 4. The van der Waals surface area contributed by atoms with E-state index in [0.29, 0.717) is 30.6 Å². The molecule has 0 heterocycles. The molecule has 0 spiro atoms. The summed E-state index contributed by atoms with van der Waals surface area (Å²) in [5, 5.41) is 38.4. The summed E-state index contributed by atoms with van der Waals surface area (Å²) < 4.78 is 37.4. The Morgan fingerprint density at radius 2 is 1.45 bits per heavy atom. The Kier molecular flexibility index (Phi) is 21.5. The van der Waals surface area contributed by atoms with Gasteiger partial charge in [-0.15, -0.1) is 0 Å². The standard InChI is InChI=1S/C18H30O2.C15H27F3O2.C2H6.CH3I/c1-4-18(3)9-5-6-15(13(18)2)8-7-14-10-16(19)12-17(20)11-14;1-12(2,8-6-10-13(3,4)19)9-7-11-14(5,20)15(16,17)18;2*1-2/h7-8,13,16-17,19-20H,4-6,9-12H2,1-3H3;7,11,19-20H,6,8-10H2,1-5H3;1-2H3;1H3/b14-7?,15-8+;11-7-;;/t13?,16-,17?,18?;;;/m1.../s1. The molecule has 4 unspecified atom stereocenters. The number of alkyl halides is 4. The van der Waals surface area contributed by atoms with E-state index in [1.54, 1.807) is 19.4 Å². The normalized spacial score (nSPS) is 27.8. The van der Waals surface area contributed by atoms with E-state index in [-0.39, 0.29) is 17.6 Å². The van der Waals surface area contributed by atoms with E-state index < -0.39 is 17.4 Å².